The number of fused-ring (bicyclic) bond motifs is 1. The van der Waals surface area contributed by atoms with Crippen molar-refractivity contribution >= 4 is 28.3 Å². The summed E-state index contributed by atoms with van der Waals surface area (Å²) in [6, 6.07) is 16.7. The van der Waals surface area contributed by atoms with Gasteiger partial charge in [0.1, 0.15) is 12.4 Å². The fraction of sp³-hybridized carbons (Fsp3) is 0.500. The van der Waals surface area contributed by atoms with Crippen LogP contribution in [-0.4, -0.2) is 98.3 Å². The van der Waals surface area contributed by atoms with Gasteiger partial charge in [0.15, 0.2) is 0 Å². The number of rotatable bonds is 7. The quantitative estimate of drug-likeness (QED) is 0.460. The van der Waals surface area contributed by atoms with Crippen LogP contribution in [-0.2, 0) is 0 Å². The molecule has 3 fully saturated rings. The summed E-state index contributed by atoms with van der Waals surface area (Å²) < 4.78 is 6.10. The van der Waals surface area contributed by atoms with Crippen LogP contribution in [0.25, 0.3) is 10.9 Å². The Labute approximate surface area is 237 Å². The van der Waals surface area contributed by atoms with E-state index in [4.69, 9.17) is 4.74 Å². The molecular weight excluding hydrogens is 500 g/mol. The lowest BCUT2D eigenvalue weighted by atomic mass is 9.87. The monoisotopic (exact) mass is 542 g/mol. The van der Waals surface area contributed by atoms with Crippen molar-refractivity contribution in [1.82, 2.24) is 19.7 Å². The number of amides is 2. The third kappa shape index (κ3) is 6.34. The number of likely N-dealkylation sites (N-methyl/N-ethyl adjacent to an activating group) is 1. The van der Waals surface area contributed by atoms with Gasteiger partial charge in [0.2, 0.25) is 0 Å². The minimum Gasteiger partial charge on any atom is -0.492 e. The summed E-state index contributed by atoms with van der Waals surface area (Å²) in [6.07, 6.45) is 6.33. The van der Waals surface area contributed by atoms with Crippen LogP contribution < -0.4 is 15.0 Å². The molecule has 0 spiro atoms. The molecule has 0 aliphatic carbocycles. The molecule has 0 unspecified atom stereocenters. The second kappa shape index (κ2) is 12.4. The largest absolute Gasteiger partial charge is 0.492 e. The Kier molecular flexibility index (Phi) is 8.35. The average Bonchev–Trinajstić information content (AvgIpc) is 3.54. The number of hydrogen-bond donors (Lipinski definition) is 1. The van der Waals surface area contributed by atoms with E-state index < -0.39 is 0 Å². The normalized spacial score (nSPS) is 19.3. The number of piperazine rings is 1. The number of likely N-dealkylation sites (tertiary alicyclic amines) is 1. The molecule has 0 atom stereocenters. The fourth-order valence-corrected chi connectivity index (χ4v) is 6.29. The van der Waals surface area contributed by atoms with Crippen molar-refractivity contribution in [2.24, 2.45) is 0 Å². The Morgan fingerprint density at radius 1 is 0.925 bits per heavy atom. The lowest BCUT2D eigenvalue weighted by molar-refractivity contribution is 0.134. The number of pyridine rings is 1. The van der Waals surface area contributed by atoms with Gasteiger partial charge in [-0.2, -0.15) is 0 Å². The van der Waals surface area contributed by atoms with Crippen LogP contribution in [0.2, 0.25) is 0 Å². The summed E-state index contributed by atoms with van der Waals surface area (Å²) in [5.41, 5.74) is 4.40. The molecule has 212 valence electrons. The van der Waals surface area contributed by atoms with E-state index in [1.807, 2.05) is 23.2 Å². The zero-order valence-electron chi connectivity index (χ0n) is 23.7. The highest BCUT2D eigenvalue weighted by Gasteiger charge is 2.25. The Hall–Kier alpha value is -3.36. The number of nitrogens with one attached hydrogen (secondary N) is 1. The average molecular weight is 543 g/mol. The highest BCUT2D eigenvalue weighted by molar-refractivity contribution is 5.89. The smallest absolute Gasteiger partial charge is 0.321 e. The number of hydrogen-bond acceptors (Lipinski definition) is 6. The van der Waals surface area contributed by atoms with Crippen LogP contribution in [0.5, 0.6) is 5.75 Å². The van der Waals surface area contributed by atoms with Crippen molar-refractivity contribution in [2.75, 3.05) is 82.8 Å². The first kappa shape index (κ1) is 26.8. The number of nitrogens with zero attached hydrogens (tertiary/aromatic N) is 5. The van der Waals surface area contributed by atoms with E-state index in [9.17, 15) is 4.79 Å². The Balaban J connectivity index is 1.01. The van der Waals surface area contributed by atoms with Gasteiger partial charge in [0.25, 0.3) is 0 Å². The minimum atomic E-state index is -0.00896. The molecule has 1 aromatic heterocycles. The van der Waals surface area contributed by atoms with Crippen LogP contribution in [0.15, 0.2) is 54.7 Å². The van der Waals surface area contributed by atoms with Gasteiger partial charge in [-0.1, -0.05) is 0 Å². The van der Waals surface area contributed by atoms with Gasteiger partial charge in [-0.25, -0.2) is 4.79 Å². The molecule has 3 saturated heterocycles. The molecule has 0 saturated carbocycles. The molecule has 8 heteroatoms. The molecule has 1 N–H and O–H groups in total. The first-order valence-corrected chi connectivity index (χ1v) is 15.0. The lowest BCUT2D eigenvalue weighted by Crippen LogP contribution is -2.45. The number of ether oxygens (including phenoxy) is 1. The van der Waals surface area contributed by atoms with Crippen LogP contribution >= 0.6 is 0 Å². The van der Waals surface area contributed by atoms with E-state index >= 15 is 0 Å². The van der Waals surface area contributed by atoms with Crippen molar-refractivity contribution in [1.29, 1.82) is 0 Å². The van der Waals surface area contributed by atoms with E-state index in [-0.39, 0.29) is 6.03 Å². The molecule has 3 aromatic rings. The number of anilines is 2. The predicted molar refractivity (Wildman–Crippen MR) is 162 cm³/mol. The Morgan fingerprint density at radius 2 is 1.68 bits per heavy atom. The van der Waals surface area contributed by atoms with Gasteiger partial charge < -0.3 is 24.8 Å². The number of benzene rings is 2. The summed E-state index contributed by atoms with van der Waals surface area (Å²) in [5.74, 6) is 1.30. The molecule has 2 aromatic carbocycles. The van der Waals surface area contributed by atoms with Crippen LogP contribution in [0.1, 0.15) is 37.2 Å². The van der Waals surface area contributed by atoms with Gasteiger partial charge in [-0.05, 0) is 86.7 Å². The van der Waals surface area contributed by atoms with E-state index in [1.165, 1.54) is 29.5 Å². The summed E-state index contributed by atoms with van der Waals surface area (Å²) in [5, 5.41) is 4.29. The molecule has 4 heterocycles. The zero-order chi connectivity index (χ0) is 27.3. The fourth-order valence-electron chi connectivity index (χ4n) is 6.29. The van der Waals surface area contributed by atoms with Gasteiger partial charge in [-0.3, -0.25) is 9.88 Å². The van der Waals surface area contributed by atoms with E-state index in [2.05, 4.69) is 68.4 Å². The third-order valence-electron chi connectivity index (χ3n) is 8.83. The second-order valence-corrected chi connectivity index (χ2v) is 11.5. The minimum absolute atomic E-state index is 0.00896. The maximum Gasteiger partial charge on any atom is 0.321 e. The number of carbonyl (C=O) groups excluding carboxylic acids is 1. The maximum absolute atomic E-state index is 13.0. The van der Waals surface area contributed by atoms with Gasteiger partial charge in [0, 0.05) is 87.9 Å². The standard InChI is InChI=1S/C32H42N6O2/c1-35-18-20-36(21-19-35)22-23-40-28-8-9-30-29(10-13-33-31(30)24-28)25-11-16-38(17-12-25)32(39)34-26-4-6-27(7-5-26)37-14-2-3-15-37/h4-10,13,24-25H,2-3,11-12,14-23H2,1H3,(H,34,39). The first-order chi connectivity index (χ1) is 19.6. The molecule has 3 aliphatic heterocycles. The van der Waals surface area contributed by atoms with E-state index in [0.29, 0.717) is 12.5 Å². The molecule has 40 heavy (non-hydrogen) atoms. The Bertz CT molecular complexity index is 1280. The molecule has 8 nitrogen and oxygen atoms in total. The van der Waals surface area contributed by atoms with Crippen LogP contribution in [0, 0.1) is 0 Å². The lowest BCUT2D eigenvalue weighted by Gasteiger charge is -2.32. The number of aromatic nitrogens is 1. The van der Waals surface area contributed by atoms with Gasteiger partial charge in [-0.15, -0.1) is 0 Å². The van der Waals surface area contributed by atoms with Gasteiger partial charge in [0.05, 0.1) is 5.52 Å². The molecule has 0 bridgehead atoms. The maximum atomic E-state index is 13.0. The number of piperidine rings is 1. The molecule has 3 aliphatic rings. The van der Waals surface area contributed by atoms with Crippen molar-refractivity contribution in [3.8, 4) is 5.75 Å². The van der Waals surface area contributed by atoms with Crippen molar-refractivity contribution in [3.05, 3.63) is 60.3 Å². The molecular formula is C32H42N6O2. The molecule has 2 amide bonds. The molecule has 0 radical (unpaired) electrons. The summed E-state index contributed by atoms with van der Waals surface area (Å²) in [6.45, 7) is 9.85. The number of urea groups is 1. The second-order valence-electron chi connectivity index (χ2n) is 11.5. The predicted octanol–water partition coefficient (Wildman–Crippen LogP) is 4.87. The van der Waals surface area contributed by atoms with Crippen molar-refractivity contribution in [2.45, 2.75) is 31.6 Å². The summed E-state index contributed by atoms with van der Waals surface area (Å²) in [7, 11) is 2.18. The topological polar surface area (TPSA) is 64.2 Å². The van der Waals surface area contributed by atoms with Crippen molar-refractivity contribution in [3.63, 3.8) is 0 Å². The third-order valence-corrected chi connectivity index (χ3v) is 8.83. The van der Waals surface area contributed by atoms with Crippen molar-refractivity contribution < 1.29 is 9.53 Å². The van der Waals surface area contributed by atoms with Gasteiger partial charge >= 0.3 is 6.03 Å². The van der Waals surface area contributed by atoms with Crippen LogP contribution in [0.3, 0.4) is 0 Å². The highest BCUT2D eigenvalue weighted by atomic mass is 16.5. The van der Waals surface area contributed by atoms with E-state index in [1.54, 1.807) is 0 Å². The highest BCUT2D eigenvalue weighted by Crippen LogP contribution is 2.34. The van der Waals surface area contributed by atoms with E-state index in [0.717, 1.165) is 88.7 Å². The zero-order valence-corrected chi connectivity index (χ0v) is 23.7. The first-order valence-electron chi connectivity index (χ1n) is 15.0. The summed E-state index contributed by atoms with van der Waals surface area (Å²) in [4.78, 5) is 26.8. The van der Waals surface area contributed by atoms with Crippen LogP contribution in [0.4, 0.5) is 16.2 Å². The molecule has 6 rings (SSSR count). The SMILES string of the molecule is CN1CCN(CCOc2ccc3c(C4CCN(C(=O)Nc5ccc(N6CCCC6)cc5)CC4)ccnc3c2)CC1. The number of carbonyl (C=O) groups is 1. The summed E-state index contributed by atoms with van der Waals surface area (Å²) >= 11 is 0. The Morgan fingerprint density at radius 3 is 2.42 bits per heavy atom.